The molecule has 0 saturated heterocycles. The zero-order valence-corrected chi connectivity index (χ0v) is 13.4. The lowest BCUT2D eigenvalue weighted by Crippen LogP contribution is -2.01. The Morgan fingerprint density at radius 3 is 2.71 bits per heavy atom. The summed E-state index contributed by atoms with van der Waals surface area (Å²) >= 11 is 3.45. The van der Waals surface area contributed by atoms with E-state index in [1.165, 1.54) is 10.8 Å². The van der Waals surface area contributed by atoms with Crippen molar-refractivity contribution in [2.45, 2.75) is 19.8 Å². The molecule has 0 radical (unpaired) electrons. The molecule has 0 fully saturated rings. The monoisotopic (exact) mass is 341 g/mol. The first-order valence-corrected chi connectivity index (χ1v) is 7.84. The van der Waals surface area contributed by atoms with Crippen molar-refractivity contribution in [1.82, 2.24) is 9.97 Å². The molecule has 2 aromatic carbocycles. The summed E-state index contributed by atoms with van der Waals surface area (Å²) in [5, 5.41) is 5.80. The first-order valence-electron chi connectivity index (χ1n) is 7.04. The molecule has 0 atom stereocenters. The first kappa shape index (κ1) is 14.0. The number of rotatable bonds is 4. The van der Waals surface area contributed by atoms with Crippen LogP contribution < -0.4 is 5.32 Å². The molecule has 0 aliphatic rings. The van der Waals surface area contributed by atoms with E-state index in [1.807, 2.05) is 24.3 Å². The van der Waals surface area contributed by atoms with Gasteiger partial charge >= 0.3 is 0 Å². The number of fused-ring (bicyclic) bond motifs is 1. The summed E-state index contributed by atoms with van der Waals surface area (Å²) in [6, 6.07) is 16.4. The third kappa shape index (κ3) is 3.22. The Morgan fingerprint density at radius 2 is 1.86 bits per heavy atom. The topological polar surface area (TPSA) is 37.8 Å². The second kappa shape index (κ2) is 6.22. The highest BCUT2D eigenvalue weighted by molar-refractivity contribution is 9.10. The first-order chi connectivity index (χ1) is 10.3. The van der Waals surface area contributed by atoms with Gasteiger partial charge in [0.2, 0.25) is 0 Å². The van der Waals surface area contributed by atoms with Gasteiger partial charge in [0.25, 0.3) is 0 Å². The van der Waals surface area contributed by atoms with Crippen molar-refractivity contribution < 1.29 is 0 Å². The van der Waals surface area contributed by atoms with Crippen LogP contribution >= 0.6 is 15.9 Å². The van der Waals surface area contributed by atoms with Crippen LogP contribution in [0.25, 0.3) is 10.8 Å². The second-order valence-electron chi connectivity index (χ2n) is 4.89. The van der Waals surface area contributed by atoms with Crippen molar-refractivity contribution in [3.63, 3.8) is 0 Å². The molecule has 0 unspecified atom stereocenters. The van der Waals surface area contributed by atoms with Gasteiger partial charge in [-0.2, -0.15) is 0 Å². The maximum absolute atomic E-state index is 4.57. The number of nitrogens with one attached hydrogen (secondary N) is 1. The standard InChI is InChI=1S/C17H16BrN3/c1-2-6-16-20-15(18)11-17(21-16)19-14-10-5-8-12-7-3-4-9-13(12)14/h3-5,7-11H,2,6H2,1H3,(H,19,20,21). The van der Waals surface area contributed by atoms with Gasteiger partial charge in [-0.3, -0.25) is 0 Å². The van der Waals surface area contributed by atoms with E-state index in [-0.39, 0.29) is 0 Å². The van der Waals surface area contributed by atoms with E-state index in [4.69, 9.17) is 0 Å². The molecule has 3 aromatic rings. The molecule has 3 rings (SSSR count). The molecule has 0 bridgehead atoms. The number of benzene rings is 2. The summed E-state index contributed by atoms with van der Waals surface area (Å²) < 4.78 is 0.809. The highest BCUT2D eigenvalue weighted by Gasteiger charge is 2.05. The van der Waals surface area contributed by atoms with Gasteiger partial charge in [-0.1, -0.05) is 43.3 Å². The predicted molar refractivity (Wildman–Crippen MR) is 91.0 cm³/mol. The van der Waals surface area contributed by atoms with Crippen LogP contribution in [0.2, 0.25) is 0 Å². The van der Waals surface area contributed by atoms with Crippen molar-refractivity contribution in [3.8, 4) is 0 Å². The van der Waals surface area contributed by atoms with Crippen LogP contribution in [0.1, 0.15) is 19.2 Å². The number of nitrogens with zero attached hydrogens (tertiary/aromatic N) is 2. The zero-order chi connectivity index (χ0) is 14.7. The van der Waals surface area contributed by atoms with Crippen molar-refractivity contribution in [2.75, 3.05) is 5.32 Å². The smallest absolute Gasteiger partial charge is 0.135 e. The van der Waals surface area contributed by atoms with E-state index in [0.29, 0.717) is 0 Å². The summed E-state index contributed by atoms with van der Waals surface area (Å²) in [6.45, 7) is 2.13. The molecule has 0 aliphatic carbocycles. The highest BCUT2D eigenvalue weighted by Crippen LogP contribution is 2.26. The fraction of sp³-hybridized carbons (Fsp3) is 0.176. The average Bonchev–Trinajstić information content (AvgIpc) is 2.47. The number of halogens is 1. The van der Waals surface area contributed by atoms with Gasteiger partial charge in [-0.15, -0.1) is 0 Å². The van der Waals surface area contributed by atoms with Crippen LogP contribution in [-0.2, 0) is 6.42 Å². The van der Waals surface area contributed by atoms with Gasteiger partial charge in [0, 0.05) is 23.6 Å². The number of aryl methyl sites for hydroxylation is 1. The van der Waals surface area contributed by atoms with E-state index >= 15 is 0 Å². The summed E-state index contributed by atoms with van der Waals surface area (Å²) in [7, 11) is 0. The number of anilines is 2. The van der Waals surface area contributed by atoms with Gasteiger partial charge in [-0.25, -0.2) is 9.97 Å². The minimum atomic E-state index is 0.809. The van der Waals surface area contributed by atoms with Gasteiger partial charge in [0.05, 0.1) is 0 Å². The van der Waals surface area contributed by atoms with Crippen LogP contribution in [0.15, 0.2) is 53.1 Å². The Bertz CT molecular complexity index is 766. The SMILES string of the molecule is CCCc1nc(Br)cc(Nc2cccc3ccccc23)n1. The number of hydrogen-bond acceptors (Lipinski definition) is 3. The molecule has 3 nitrogen and oxygen atoms in total. The lowest BCUT2D eigenvalue weighted by Gasteiger charge is -2.10. The third-order valence-electron chi connectivity index (χ3n) is 3.27. The van der Waals surface area contributed by atoms with Crippen molar-refractivity contribution in [2.24, 2.45) is 0 Å². The predicted octanol–water partition coefficient (Wildman–Crippen LogP) is 5.09. The Kier molecular flexibility index (Phi) is 4.15. The molecule has 4 heteroatoms. The molecule has 0 aliphatic heterocycles. The van der Waals surface area contributed by atoms with E-state index < -0.39 is 0 Å². The molecule has 0 saturated carbocycles. The van der Waals surface area contributed by atoms with Crippen molar-refractivity contribution in [1.29, 1.82) is 0 Å². The number of aromatic nitrogens is 2. The van der Waals surface area contributed by atoms with E-state index in [1.54, 1.807) is 0 Å². The van der Waals surface area contributed by atoms with Gasteiger partial charge in [0.1, 0.15) is 16.2 Å². The maximum atomic E-state index is 4.57. The number of hydrogen-bond donors (Lipinski definition) is 1. The van der Waals surface area contributed by atoms with Crippen LogP contribution in [0, 0.1) is 0 Å². The largest absolute Gasteiger partial charge is 0.340 e. The maximum Gasteiger partial charge on any atom is 0.135 e. The van der Waals surface area contributed by atoms with Crippen molar-refractivity contribution >= 4 is 38.2 Å². The average molecular weight is 342 g/mol. The summed E-state index contributed by atoms with van der Waals surface area (Å²) in [5.41, 5.74) is 1.06. The molecular formula is C17H16BrN3. The summed E-state index contributed by atoms with van der Waals surface area (Å²) in [6.07, 6.45) is 1.91. The van der Waals surface area contributed by atoms with Gasteiger partial charge < -0.3 is 5.32 Å². The lowest BCUT2D eigenvalue weighted by molar-refractivity contribution is 0.831. The van der Waals surface area contributed by atoms with Gasteiger partial charge in [0.15, 0.2) is 0 Å². The Hall–Kier alpha value is -1.94. The quantitative estimate of drug-likeness (QED) is 0.671. The van der Waals surface area contributed by atoms with Crippen LogP contribution in [0.4, 0.5) is 11.5 Å². The Labute approximate surface area is 132 Å². The summed E-state index contributed by atoms with van der Waals surface area (Å²) in [5.74, 6) is 1.67. The molecule has 1 heterocycles. The van der Waals surface area contributed by atoms with E-state index in [2.05, 4.69) is 62.4 Å². The third-order valence-corrected chi connectivity index (χ3v) is 3.67. The molecule has 0 spiro atoms. The van der Waals surface area contributed by atoms with E-state index in [9.17, 15) is 0 Å². The van der Waals surface area contributed by atoms with Gasteiger partial charge in [-0.05, 0) is 33.8 Å². The lowest BCUT2D eigenvalue weighted by atomic mass is 10.1. The van der Waals surface area contributed by atoms with Crippen LogP contribution in [-0.4, -0.2) is 9.97 Å². The van der Waals surface area contributed by atoms with Crippen LogP contribution in [0.3, 0.4) is 0 Å². The van der Waals surface area contributed by atoms with Crippen LogP contribution in [0.5, 0.6) is 0 Å². The van der Waals surface area contributed by atoms with E-state index in [0.717, 1.165) is 34.8 Å². The molecular weight excluding hydrogens is 326 g/mol. The second-order valence-corrected chi connectivity index (χ2v) is 5.71. The van der Waals surface area contributed by atoms with Crippen molar-refractivity contribution in [3.05, 3.63) is 59.0 Å². The minimum absolute atomic E-state index is 0.809. The molecule has 106 valence electrons. The fourth-order valence-corrected chi connectivity index (χ4v) is 2.76. The molecule has 1 N–H and O–H groups in total. The molecule has 0 amide bonds. The summed E-state index contributed by atoms with van der Waals surface area (Å²) in [4.78, 5) is 8.97. The minimum Gasteiger partial charge on any atom is -0.340 e. The Balaban J connectivity index is 1.98. The Morgan fingerprint density at radius 1 is 1.05 bits per heavy atom. The fourth-order valence-electron chi connectivity index (χ4n) is 2.34. The molecule has 1 aromatic heterocycles. The molecule has 21 heavy (non-hydrogen) atoms. The highest BCUT2D eigenvalue weighted by atomic mass is 79.9. The zero-order valence-electron chi connectivity index (χ0n) is 11.8. The normalized spacial score (nSPS) is 10.8.